The van der Waals surface area contributed by atoms with Gasteiger partial charge >= 0.3 is 0 Å². The fourth-order valence-corrected chi connectivity index (χ4v) is 3.90. The molecule has 0 bridgehead atoms. The van der Waals surface area contributed by atoms with E-state index in [0.29, 0.717) is 17.2 Å². The van der Waals surface area contributed by atoms with Crippen LogP contribution in [0.25, 0.3) is 0 Å². The van der Waals surface area contributed by atoms with Crippen LogP contribution in [0.4, 0.5) is 5.69 Å². The van der Waals surface area contributed by atoms with E-state index in [1.54, 1.807) is 13.1 Å². The summed E-state index contributed by atoms with van der Waals surface area (Å²) < 4.78 is 37.5. The molecule has 0 aliphatic heterocycles. The first-order valence-electron chi connectivity index (χ1n) is 7.10. The number of sulfonamides is 1. The smallest absolute Gasteiger partial charge is 0.264 e. The van der Waals surface area contributed by atoms with Crippen molar-refractivity contribution in [3.05, 3.63) is 47.5 Å². The standard InChI is InChI=1S/C17H21NO4S/c1-12-7-6-8-13(2)17(12)18(3)23(19,20)14-9-10-15(21-4)16(11-14)22-5/h6-11H,1-5H3. The molecular weight excluding hydrogens is 314 g/mol. The Morgan fingerprint density at radius 2 is 1.48 bits per heavy atom. The molecule has 0 aliphatic rings. The Morgan fingerprint density at radius 3 is 2.00 bits per heavy atom. The second-order valence-corrected chi connectivity index (χ2v) is 7.20. The molecule has 0 saturated heterocycles. The van der Waals surface area contributed by atoms with Crippen LogP contribution in [0.3, 0.4) is 0 Å². The first kappa shape index (κ1) is 17.1. The minimum absolute atomic E-state index is 0.153. The molecule has 0 aromatic heterocycles. The van der Waals surface area contributed by atoms with Gasteiger partial charge in [0.15, 0.2) is 11.5 Å². The first-order chi connectivity index (χ1) is 10.8. The summed E-state index contributed by atoms with van der Waals surface area (Å²) in [5.41, 5.74) is 2.48. The van der Waals surface area contributed by atoms with E-state index in [1.807, 2.05) is 32.0 Å². The summed E-state index contributed by atoms with van der Waals surface area (Å²) in [4.78, 5) is 0.153. The summed E-state index contributed by atoms with van der Waals surface area (Å²) in [5, 5.41) is 0. The summed E-state index contributed by atoms with van der Waals surface area (Å²) in [6, 6.07) is 10.3. The lowest BCUT2D eigenvalue weighted by Gasteiger charge is -2.23. The van der Waals surface area contributed by atoms with E-state index >= 15 is 0 Å². The van der Waals surface area contributed by atoms with Gasteiger partial charge in [-0.15, -0.1) is 0 Å². The molecule has 5 nitrogen and oxygen atoms in total. The van der Waals surface area contributed by atoms with Crippen LogP contribution in [0, 0.1) is 13.8 Å². The lowest BCUT2D eigenvalue weighted by Crippen LogP contribution is -2.28. The highest BCUT2D eigenvalue weighted by atomic mass is 32.2. The van der Waals surface area contributed by atoms with Crippen LogP contribution in [0.2, 0.25) is 0 Å². The molecule has 0 atom stereocenters. The summed E-state index contributed by atoms with van der Waals surface area (Å²) in [5.74, 6) is 0.865. The van der Waals surface area contributed by atoms with Gasteiger partial charge in [0.05, 0.1) is 24.8 Å². The quantitative estimate of drug-likeness (QED) is 0.842. The highest BCUT2D eigenvalue weighted by Crippen LogP contribution is 2.33. The lowest BCUT2D eigenvalue weighted by atomic mass is 10.1. The van der Waals surface area contributed by atoms with Gasteiger partial charge in [0.2, 0.25) is 0 Å². The molecule has 124 valence electrons. The summed E-state index contributed by atoms with van der Waals surface area (Å²) in [6.45, 7) is 3.78. The Bertz CT molecular complexity index is 795. The molecule has 0 unspecified atom stereocenters. The minimum Gasteiger partial charge on any atom is -0.493 e. The second-order valence-electron chi connectivity index (χ2n) is 5.23. The summed E-state index contributed by atoms with van der Waals surface area (Å²) in [7, 11) is 0.845. The number of hydrogen-bond acceptors (Lipinski definition) is 4. The van der Waals surface area contributed by atoms with Gasteiger partial charge in [-0.25, -0.2) is 8.42 Å². The first-order valence-corrected chi connectivity index (χ1v) is 8.54. The van der Waals surface area contributed by atoms with Crippen LogP contribution in [0.15, 0.2) is 41.3 Å². The van der Waals surface area contributed by atoms with E-state index in [0.717, 1.165) is 11.1 Å². The van der Waals surface area contributed by atoms with Crippen molar-refractivity contribution in [2.75, 3.05) is 25.6 Å². The number of benzene rings is 2. The van der Waals surface area contributed by atoms with Crippen molar-refractivity contribution in [1.82, 2.24) is 0 Å². The Labute approximate surface area is 137 Å². The average molecular weight is 335 g/mol. The van der Waals surface area contributed by atoms with E-state index in [4.69, 9.17) is 9.47 Å². The minimum atomic E-state index is -3.70. The summed E-state index contributed by atoms with van der Waals surface area (Å²) >= 11 is 0. The fourth-order valence-electron chi connectivity index (χ4n) is 2.56. The highest BCUT2D eigenvalue weighted by molar-refractivity contribution is 7.92. The fraction of sp³-hybridized carbons (Fsp3) is 0.294. The van der Waals surface area contributed by atoms with Crippen LogP contribution in [0.5, 0.6) is 11.5 Å². The topological polar surface area (TPSA) is 55.8 Å². The van der Waals surface area contributed by atoms with Gasteiger partial charge in [0.1, 0.15) is 0 Å². The predicted octanol–water partition coefficient (Wildman–Crippen LogP) is 3.15. The molecule has 0 amide bonds. The third-order valence-corrected chi connectivity index (χ3v) is 5.52. The molecule has 0 N–H and O–H groups in total. The second kappa shape index (κ2) is 6.50. The van der Waals surface area contributed by atoms with E-state index in [1.165, 1.54) is 30.7 Å². The van der Waals surface area contributed by atoms with Crippen molar-refractivity contribution in [1.29, 1.82) is 0 Å². The van der Waals surface area contributed by atoms with Crippen molar-refractivity contribution >= 4 is 15.7 Å². The predicted molar refractivity (Wildman–Crippen MR) is 91.1 cm³/mol. The van der Waals surface area contributed by atoms with Crippen LogP contribution in [-0.4, -0.2) is 29.7 Å². The maximum atomic E-state index is 12.9. The lowest BCUT2D eigenvalue weighted by molar-refractivity contribution is 0.354. The van der Waals surface area contributed by atoms with Gasteiger partial charge in [0.25, 0.3) is 10.0 Å². The van der Waals surface area contributed by atoms with E-state index in [-0.39, 0.29) is 4.90 Å². The number of rotatable bonds is 5. The van der Waals surface area contributed by atoms with Gasteiger partial charge < -0.3 is 9.47 Å². The van der Waals surface area contributed by atoms with Gasteiger partial charge in [-0.1, -0.05) is 18.2 Å². The average Bonchev–Trinajstić information content (AvgIpc) is 2.53. The van der Waals surface area contributed by atoms with Crippen molar-refractivity contribution in [2.45, 2.75) is 18.7 Å². The van der Waals surface area contributed by atoms with E-state index in [2.05, 4.69) is 0 Å². The number of methoxy groups -OCH3 is 2. The Morgan fingerprint density at radius 1 is 0.913 bits per heavy atom. The molecule has 0 spiro atoms. The number of aryl methyl sites for hydroxylation is 2. The van der Waals surface area contributed by atoms with Crippen molar-refractivity contribution in [2.24, 2.45) is 0 Å². The zero-order valence-electron chi connectivity index (χ0n) is 14.0. The van der Waals surface area contributed by atoms with Crippen LogP contribution < -0.4 is 13.8 Å². The van der Waals surface area contributed by atoms with Crippen LogP contribution >= 0.6 is 0 Å². The molecule has 0 saturated carbocycles. The van der Waals surface area contributed by atoms with Crippen molar-refractivity contribution in [3.63, 3.8) is 0 Å². The number of nitrogens with zero attached hydrogens (tertiary/aromatic N) is 1. The number of anilines is 1. The molecule has 2 rings (SSSR count). The number of para-hydroxylation sites is 1. The van der Waals surface area contributed by atoms with Gasteiger partial charge in [-0.05, 0) is 37.1 Å². The van der Waals surface area contributed by atoms with Crippen molar-refractivity contribution in [3.8, 4) is 11.5 Å². The molecular formula is C17H21NO4S. The molecule has 23 heavy (non-hydrogen) atoms. The van der Waals surface area contributed by atoms with E-state index in [9.17, 15) is 8.42 Å². The van der Waals surface area contributed by atoms with E-state index < -0.39 is 10.0 Å². The summed E-state index contributed by atoms with van der Waals surface area (Å²) in [6.07, 6.45) is 0. The maximum Gasteiger partial charge on any atom is 0.264 e. The largest absolute Gasteiger partial charge is 0.493 e. The van der Waals surface area contributed by atoms with Gasteiger partial charge in [-0.2, -0.15) is 0 Å². The number of ether oxygens (including phenoxy) is 2. The highest BCUT2D eigenvalue weighted by Gasteiger charge is 2.25. The molecule has 0 heterocycles. The van der Waals surface area contributed by atoms with Crippen LogP contribution in [-0.2, 0) is 10.0 Å². The van der Waals surface area contributed by atoms with Crippen LogP contribution in [0.1, 0.15) is 11.1 Å². The molecule has 0 aliphatic carbocycles. The normalized spacial score (nSPS) is 11.2. The zero-order valence-corrected chi connectivity index (χ0v) is 14.8. The Kier molecular flexibility index (Phi) is 4.85. The molecule has 2 aromatic carbocycles. The zero-order chi connectivity index (χ0) is 17.2. The van der Waals surface area contributed by atoms with Crippen molar-refractivity contribution < 1.29 is 17.9 Å². The third kappa shape index (κ3) is 3.12. The Hall–Kier alpha value is -2.21. The molecule has 0 radical (unpaired) electrons. The SMILES string of the molecule is COc1ccc(S(=O)(=O)N(C)c2c(C)cccc2C)cc1OC. The third-order valence-electron chi connectivity index (χ3n) is 3.77. The molecule has 2 aromatic rings. The van der Waals surface area contributed by atoms with Gasteiger partial charge in [-0.3, -0.25) is 4.31 Å². The molecule has 0 fully saturated rings. The number of hydrogen-bond donors (Lipinski definition) is 0. The maximum absolute atomic E-state index is 12.9. The monoisotopic (exact) mass is 335 g/mol. The Balaban J connectivity index is 2.54. The molecule has 6 heteroatoms. The van der Waals surface area contributed by atoms with Gasteiger partial charge in [0, 0.05) is 13.1 Å².